The summed E-state index contributed by atoms with van der Waals surface area (Å²) in [5, 5.41) is 0. The Bertz CT molecular complexity index is 403. The molecule has 1 rings (SSSR count). The summed E-state index contributed by atoms with van der Waals surface area (Å²) in [6.07, 6.45) is 1.30. The van der Waals surface area contributed by atoms with Crippen molar-refractivity contribution >= 4 is 10.0 Å². The number of hydrogen-bond acceptors (Lipinski definition) is 3. The van der Waals surface area contributed by atoms with Gasteiger partial charge in [0.1, 0.15) is 5.75 Å². The number of hydrogen-bond donors (Lipinski definition) is 1. The Hall–Kier alpha value is -1.07. The SMILES string of the molecule is CCCS(=O)(=O)NCCCOc1ccccc1. The highest BCUT2D eigenvalue weighted by Crippen LogP contribution is 2.08. The van der Waals surface area contributed by atoms with E-state index in [1.807, 2.05) is 37.3 Å². The lowest BCUT2D eigenvalue weighted by Crippen LogP contribution is -2.27. The van der Waals surface area contributed by atoms with E-state index in [-0.39, 0.29) is 5.75 Å². The van der Waals surface area contributed by atoms with E-state index < -0.39 is 10.0 Å². The minimum atomic E-state index is -3.08. The number of sulfonamides is 1. The van der Waals surface area contributed by atoms with Crippen molar-refractivity contribution in [2.24, 2.45) is 0 Å². The molecule has 1 aromatic rings. The minimum Gasteiger partial charge on any atom is -0.494 e. The molecule has 0 saturated heterocycles. The topological polar surface area (TPSA) is 55.4 Å². The van der Waals surface area contributed by atoms with Crippen molar-refractivity contribution in [1.82, 2.24) is 4.72 Å². The van der Waals surface area contributed by atoms with Gasteiger partial charge >= 0.3 is 0 Å². The van der Waals surface area contributed by atoms with Crippen LogP contribution >= 0.6 is 0 Å². The van der Waals surface area contributed by atoms with E-state index in [0.717, 1.165) is 5.75 Å². The zero-order chi connectivity index (χ0) is 12.6. The Morgan fingerprint density at radius 2 is 1.94 bits per heavy atom. The molecule has 0 aliphatic rings. The fourth-order valence-electron chi connectivity index (χ4n) is 1.35. The Kier molecular flexibility index (Phi) is 6.00. The van der Waals surface area contributed by atoms with Gasteiger partial charge in [-0.25, -0.2) is 13.1 Å². The van der Waals surface area contributed by atoms with Crippen LogP contribution in [0, 0.1) is 0 Å². The van der Waals surface area contributed by atoms with Crippen LogP contribution in [0.2, 0.25) is 0 Å². The molecule has 4 nitrogen and oxygen atoms in total. The molecular weight excluding hydrogens is 238 g/mol. The lowest BCUT2D eigenvalue weighted by Gasteiger charge is -2.07. The molecule has 0 aliphatic heterocycles. The zero-order valence-corrected chi connectivity index (χ0v) is 10.9. The monoisotopic (exact) mass is 257 g/mol. The highest BCUT2D eigenvalue weighted by molar-refractivity contribution is 7.89. The Morgan fingerprint density at radius 1 is 1.24 bits per heavy atom. The van der Waals surface area contributed by atoms with Crippen molar-refractivity contribution in [2.45, 2.75) is 19.8 Å². The molecule has 1 N–H and O–H groups in total. The fraction of sp³-hybridized carbons (Fsp3) is 0.500. The molecule has 5 heteroatoms. The lowest BCUT2D eigenvalue weighted by molar-refractivity contribution is 0.311. The van der Waals surface area contributed by atoms with Crippen molar-refractivity contribution in [2.75, 3.05) is 18.9 Å². The van der Waals surface area contributed by atoms with Gasteiger partial charge in [-0.05, 0) is 25.0 Å². The zero-order valence-electron chi connectivity index (χ0n) is 10.1. The molecule has 1 aromatic carbocycles. The van der Waals surface area contributed by atoms with E-state index in [2.05, 4.69) is 4.72 Å². The van der Waals surface area contributed by atoms with Crippen molar-refractivity contribution in [1.29, 1.82) is 0 Å². The van der Waals surface area contributed by atoms with E-state index in [1.54, 1.807) is 0 Å². The third-order valence-electron chi connectivity index (χ3n) is 2.13. The molecule has 0 amide bonds. The van der Waals surface area contributed by atoms with Gasteiger partial charge in [-0.1, -0.05) is 25.1 Å². The number of rotatable bonds is 8. The summed E-state index contributed by atoms with van der Waals surface area (Å²) >= 11 is 0. The van der Waals surface area contributed by atoms with Crippen LogP contribution in [0.25, 0.3) is 0 Å². The second-order valence-electron chi connectivity index (χ2n) is 3.73. The summed E-state index contributed by atoms with van der Waals surface area (Å²) < 4.78 is 30.6. The van der Waals surface area contributed by atoms with Crippen LogP contribution in [0.15, 0.2) is 30.3 Å². The largest absolute Gasteiger partial charge is 0.494 e. The van der Waals surface area contributed by atoms with E-state index in [0.29, 0.717) is 26.0 Å². The van der Waals surface area contributed by atoms with Crippen molar-refractivity contribution < 1.29 is 13.2 Å². The first kappa shape index (κ1) is 14.0. The fourth-order valence-corrected chi connectivity index (χ4v) is 2.48. The second kappa shape index (κ2) is 7.29. The molecule has 17 heavy (non-hydrogen) atoms. The average Bonchev–Trinajstić information content (AvgIpc) is 2.30. The van der Waals surface area contributed by atoms with Crippen LogP contribution in [-0.2, 0) is 10.0 Å². The van der Waals surface area contributed by atoms with Crippen LogP contribution in [0.5, 0.6) is 5.75 Å². The summed E-state index contributed by atoms with van der Waals surface area (Å²) in [4.78, 5) is 0. The Balaban J connectivity index is 2.13. The summed E-state index contributed by atoms with van der Waals surface area (Å²) in [6, 6.07) is 9.48. The molecule has 0 bridgehead atoms. The first-order valence-electron chi connectivity index (χ1n) is 5.79. The molecule has 0 atom stereocenters. The third kappa shape index (κ3) is 6.28. The smallest absolute Gasteiger partial charge is 0.211 e. The lowest BCUT2D eigenvalue weighted by atomic mass is 10.3. The van der Waals surface area contributed by atoms with Gasteiger partial charge in [0.15, 0.2) is 0 Å². The summed E-state index contributed by atoms with van der Waals surface area (Å²) in [5.41, 5.74) is 0. The predicted molar refractivity (Wildman–Crippen MR) is 68.6 cm³/mol. The van der Waals surface area contributed by atoms with Crippen molar-refractivity contribution in [3.8, 4) is 5.75 Å². The highest BCUT2D eigenvalue weighted by atomic mass is 32.2. The van der Waals surface area contributed by atoms with Gasteiger partial charge in [0.2, 0.25) is 10.0 Å². The summed E-state index contributed by atoms with van der Waals surface area (Å²) in [5.74, 6) is 0.996. The summed E-state index contributed by atoms with van der Waals surface area (Å²) in [6.45, 7) is 2.78. The Labute approximate surface area is 103 Å². The van der Waals surface area contributed by atoms with Crippen LogP contribution in [-0.4, -0.2) is 27.3 Å². The molecule has 96 valence electrons. The van der Waals surface area contributed by atoms with E-state index in [9.17, 15) is 8.42 Å². The molecular formula is C12H19NO3S. The van der Waals surface area contributed by atoms with Crippen molar-refractivity contribution in [3.05, 3.63) is 30.3 Å². The van der Waals surface area contributed by atoms with Gasteiger partial charge in [0.25, 0.3) is 0 Å². The highest BCUT2D eigenvalue weighted by Gasteiger charge is 2.06. The molecule has 0 spiro atoms. The van der Waals surface area contributed by atoms with Gasteiger partial charge in [-0.15, -0.1) is 0 Å². The minimum absolute atomic E-state index is 0.187. The standard InChI is InChI=1S/C12H19NO3S/c1-2-11-17(14,15)13-9-6-10-16-12-7-4-3-5-8-12/h3-5,7-8,13H,2,6,9-11H2,1H3. The molecule has 0 saturated carbocycles. The number of benzene rings is 1. The quantitative estimate of drug-likeness (QED) is 0.722. The first-order valence-corrected chi connectivity index (χ1v) is 7.44. The normalized spacial score (nSPS) is 11.4. The maximum absolute atomic E-state index is 11.3. The average molecular weight is 257 g/mol. The second-order valence-corrected chi connectivity index (χ2v) is 5.65. The van der Waals surface area contributed by atoms with Crippen LogP contribution < -0.4 is 9.46 Å². The molecule has 0 radical (unpaired) electrons. The van der Waals surface area contributed by atoms with E-state index in [1.165, 1.54) is 0 Å². The first-order chi connectivity index (χ1) is 8.14. The van der Waals surface area contributed by atoms with Gasteiger partial charge in [-0.3, -0.25) is 0 Å². The molecule has 0 aromatic heterocycles. The molecule has 0 fully saturated rings. The van der Waals surface area contributed by atoms with Gasteiger partial charge < -0.3 is 4.74 Å². The molecule has 0 unspecified atom stereocenters. The number of nitrogens with one attached hydrogen (secondary N) is 1. The number of ether oxygens (including phenoxy) is 1. The summed E-state index contributed by atoms with van der Waals surface area (Å²) in [7, 11) is -3.08. The molecule has 0 heterocycles. The molecule has 0 aliphatic carbocycles. The number of para-hydroxylation sites is 1. The maximum atomic E-state index is 11.3. The van der Waals surface area contributed by atoms with Gasteiger partial charge in [0.05, 0.1) is 12.4 Å². The van der Waals surface area contributed by atoms with Crippen LogP contribution in [0.3, 0.4) is 0 Å². The van der Waals surface area contributed by atoms with Gasteiger partial charge in [-0.2, -0.15) is 0 Å². The van der Waals surface area contributed by atoms with Crippen LogP contribution in [0.1, 0.15) is 19.8 Å². The van der Waals surface area contributed by atoms with Crippen LogP contribution in [0.4, 0.5) is 0 Å². The Morgan fingerprint density at radius 3 is 2.59 bits per heavy atom. The van der Waals surface area contributed by atoms with Crippen molar-refractivity contribution in [3.63, 3.8) is 0 Å². The van der Waals surface area contributed by atoms with E-state index >= 15 is 0 Å². The predicted octanol–water partition coefficient (Wildman–Crippen LogP) is 1.78. The third-order valence-corrected chi connectivity index (χ3v) is 3.72. The van der Waals surface area contributed by atoms with Gasteiger partial charge in [0, 0.05) is 6.54 Å². The maximum Gasteiger partial charge on any atom is 0.211 e. The van der Waals surface area contributed by atoms with E-state index in [4.69, 9.17) is 4.74 Å².